The van der Waals surface area contributed by atoms with E-state index in [1.165, 1.54) is 12.4 Å². The number of aryl methyl sites for hydroxylation is 1. The molecule has 4 heterocycles. The number of hydrogen-bond acceptors (Lipinski definition) is 6. The molecule has 0 bridgehead atoms. The van der Waals surface area contributed by atoms with Gasteiger partial charge in [-0.15, -0.1) is 11.8 Å². The van der Waals surface area contributed by atoms with E-state index in [0.717, 1.165) is 52.4 Å². The highest BCUT2D eigenvalue weighted by molar-refractivity contribution is 7.99. The molecule has 170 valence electrons. The van der Waals surface area contributed by atoms with Gasteiger partial charge in [0.25, 0.3) is 5.91 Å². The summed E-state index contributed by atoms with van der Waals surface area (Å²) in [7, 11) is 1.98. The van der Waals surface area contributed by atoms with Crippen molar-refractivity contribution >= 4 is 40.4 Å². The van der Waals surface area contributed by atoms with Crippen molar-refractivity contribution in [1.29, 1.82) is 0 Å². The lowest BCUT2D eigenvalue weighted by Gasteiger charge is -2.17. The molecule has 2 saturated heterocycles. The fourth-order valence-corrected chi connectivity index (χ4v) is 5.86. The molecule has 2 fully saturated rings. The molecule has 8 nitrogen and oxygen atoms in total. The van der Waals surface area contributed by atoms with Crippen LogP contribution in [0.3, 0.4) is 0 Å². The smallest absolute Gasteiger partial charge is 0.254 e. The van der Waals surface area contributed by atoms with Crippen LogP contribution in [-0.2, 0) is 11.8 Å². The van der Waals surface area contributed by atoms with Gasteiger partial charge < -0.3 is 20.1 Å². The van der Waals surface area contributed by atoms with Crippen LogP contribution < -0.4 is 5.73 Å². The topological polar surface area (TPSA) is 97.3 Å². The first-order valence-corrected chi connectivity index (χ1v) is 12.1. The Morgan fingerprint density at radius 2 is 1.97 bits per heavy atom. The third-order valence-corrected chi connectivity index (χ3v) is 7.53. The van der Waals surface area contributed by atoms with Gasteiger partial charge in [0, 0.05) is 55.2 Å². The van der Waals surface area contributed by atoms with Gasteiger partial charge >= 0.3 is 0 Å². The van der Waals surface area contributed by atoms with E-state index in [1.807, 2.05) is 41.1 Å². The van der Waals surface area contributed by atoms with Crippen molar-refractivity contribution in [2.24, 2.45) is 7.05 Å². The molecule has 1 atom stereocenters. The molecule has 9 heteroatoms. The van der Waals surface area contributed by atoms with Gasteiger partial charge in [-0.05, 0) is 30.2 Å². The maximum atomic E-state index is 12.8. The number of likely N-dealkylation sites (tertiary alicyclic amines) is 1. The second-order valence-electron chi connectivity index (χ2n) is 8.43. The number of nitrogen functional groups attached to an aromatic ring is 1. The van der Waals surface area contributed by atoms with E-state index in [2.05, 4.69) is 21.1 Å². The van der Waals surface area contributed by atoms with Crippen LogP contribution in [0.5, 0.6) is 0 Å². The first-order valence-electron chi connectivity index (χ1n) is 11.0. The number of amides is 2. The van der Waals surface area contributed by atoms with Gasteiger partial charge in [-0.1, -0.05) is 18.7 Å². The maximum Gasteiger partial charge on any atom is 0.254 e. The van der Waals surface area contributed by atoms with Gasteiger partial charge in [0.05, 0.1) is 11.3 Å². The molecule has 5 rings (SSSR count). The summed E-state index contributed by atoms with van der Waals surface area (Å²) in [5.41, 5.74) is 10.8. The molecule has 0 saturated carbocycles. The Morgan fingerprint density at radius 3 is 2.67 bits per heavy atom. The second kappa shape index (κ2) is 8.55. The van der Waals surface area contributed by atoms with E-state index < -0.39 is 0 Å². The number of thioether (sulfide) groups is 1. The molecular weight excluding hydrogens is 436 g/mol. The number of nitrogens with zero attached hydrogens (tertiary/aromatic N) is 5. The number of benzene rings is 1. The van der Waals surface area contributed by atoms with Crippen molar-refractivity contribution in [3.8, 4) is 11.1 Å². The molecule has 0 aliphatic carbocycles. The molecule has 0 spiro atoms. The Kier molecular flexibility index (Phi) is 5.57. The summed E-state index contributed by atoms with van der Waals surface area (Å²) in [6, 6.07) is 7.71. The highest BCUT2D eigenvalue weighted by Crippen LogP contribution is 2.42. The van der Waals surface area contributed by atoms with Crippen molar-refractivity contribution < 1.29 is 9.59 Å². The van der Waals surface area contributed by atoms with Crippen LogP contribution in [0.2, 0.25) is 0 Å². The lowest BCUT2D eigenvalue weighted by Crippen LogP contribution is -2.27. The zero-order valence-corrected chi connectivity index (χ0v) is 19.3. The quantitative estimate of drug-likeness (QED) is 0.599. The van der Waals surface area contributed by atoms with Gasteiger partial charge in [0.2, 0.25) is 5.91 Å². The van der Waals surface area contributed by atoms with Crippen LogP contribution in [-0.4, -0.2) is 67.4 Å². The zero-order valence-electron chi connectivity index (χ0n) is 18.5. The zero-order chi connectivity index (χ0) is 23.1. The van der Waals surface area contributed by atoms with Gasteiger partial charge in [-0.3, -0.25) is 9.59 Å². The molecule has 2 aliphatic heterocycles. The molecule has 2 N–H and O–H groups in total. The monoisotopic (exact) mass is 462 g/mol. The van der Waals surface area contributed by atoms with Crippen LogP contribution in [0.15, 0.2) is 43.2 Å². The first-order chi connectivity index (χ1) is 16.0. The highest BCUT2D eigenvalue weighted by Gasteiger charge is 2.32. The summed E-state index contributed by atoms with van der Waals surface area (Å²) in [5.74, 6) is 2.27. The van der Waals surface area contributed by atoms with Crippen LogP contribution in [0.25, 0.3) is 22.2 Å². The summed E-state index contributed by atoms with van der Waals surface area (Å²) < 4.78 is 2.07. The van der Waals surface area contributed by atoms with Crippen LogP contribution >= 0.6 is 11.8 Å². The van der Waals surface area contributed by atoms with Gasteiger partial charge in [0.1, 0.15) is 17.8 Å². The van der Waals surface area contributed by atoms with Gasteiger partial charge in [0.15, 0.2) is 0 Å². The normalized spacial score (nSPS) is 18.3. The minimum atomic E-state index is -0.0555. The van der Waals surface area contributed by atoms with Crippen molar-refractivity contribution in [2.75, 3.05) is 37.0 Å². The van der Waals surface area contributed by atoms with Crippen molar-refractivity contribution in [3.63, 3.8) is 0 Å². The van der Waals surface area contributed by atoms with E-state index in [-0.39, 0.29) is 17.7 Å². The van der Waals surface area contributed by atoms with E-state index in [1.54, 1.807) is 11.8 Å². The van der Waals surface area contributed by atoms with Gasteiger partial charge in [-0.2, -0.15) is 0 Å². The molecule has 2 amide bonds. The third-order valence-electron chi connectivity index (χ3n) is 6.56. The van der Waals surface area contributed by atoms with E-state index in [9.17, 15) is 9.59 Å². The predicted octanol–water partition coefficient (Wildman–Crippen LogP) is 2.87. The minimum absolute atomic E-state index is 0.0555. The van der Waals surface area contributed by atoms with Crippen molar-refractivity contribution in [3.05, 3.63) is 54.5 Å². The summed E-state index contributed by atoms with van der Waals surface area (Å²) in [6.45, 7) is 5.69. The Labute approximate surface area is 196 Å². The lowest BCUT2D eigenvalue weighted by atomic mass is 9.94. The van der Waals surface area contributed by atoms with Gasteiger partial charge in [-0.25, -0.2) is 9.97 Å². The SMILES string of the molecule is C=CC(=O)N1CCC(c2c(-c3ccc(C(=O)N4CCSC4)cc3)c3c(N)ncnc3n2C)C1. The number of nitrogens with two attached hydrogens (primary N) is 1. The number of rotatable bonds is 4. The number of hydrogen-bond donors (Lipinski definition) is 1. The first kappa shape index (κ1) is 21.5. The van der Waals surface area contributed by atoms with E-state index in [0.29, 0.717) is 24.5 Å². The number of carbonyl (C=O) groups excluding carboxylic acids is 2. The third kappa shape index (κ3) is 3.66. The Bertz CT molecular complexity index is 1250. The largest absolute Gasteiger partial charge is 0.383 e. The molecule has 1 aromatic carbocycles. The Hall–Kier alpha value is -3.33. The lowest BCUT2D eigenvalue weighted by molar-refractivity contribution is -0.125. The number of anilines is 1. The highest BCUT2D eigenvalue weighted by atomic mass is 32.2. The second-order valence-corrected chi connectivity index (χ2v) is 9.51. The molecule has 33 heavy (non-hydrogen) atoms. The number of carbonyl (C=O) groups is 2. The number of fused-ring (bicyclic) bond motifs is 1. The predicted molar refractivity (Wildman–Crippen MR) is 131 cm³/mol. The Balaban J connectivity index is 1.59. The fraction of sp³-hybridized carbons (Fsp3) is 0.333. The average molecular weight is 463 g/mol. The molecule has 2 aliphatic rings. The Morgan fingerprint density at radius 1 is 1.18 bits per heavy atom. The number of aromatic nitrogens is 3. The molecule has 3 aromatic rings. The average Bonchev–Trinajstić information content (AvgIpc) is 3.59. The molecule has 1 unspecified atom stereocenters. The van der Waals surface area contributed by atoms with Crippen molar-refractivity contribution in [1.82, 2.24) is 24.3 Å². The maximum absolute atomic E-state index is 12.8. The fourth-order valence-electron chi connectivity index (χ4n) is 4.91. The van der Waals surface area contributed by atoms with Crippen molar-refractivity contribution in [2.45, 2.75) is 12.3 Å². The summed E-state index contributed by atoms with van der Waals surface area (Å²) in [4.78, 5) is 37.4. The minimum Gasteiger partial charge on any atom is -0.383 e. The van der Waals surface area contributed by atoms with E-state index >= 15 is 0 Å². The van der Waals surface area contributed by atoms with Crippen LogP contribution in [0, 0.1) is 0 Å². The molecule has 0 radical (unpaired) electrons. The summed E-state index contributed by atoms with van der Waals surface area (Å²) in [6.07, 6.45) is 3.68. The van der Waals surface area contributed by atoms with Crippen LogP contribution in [0.1, 0.15) is 28.4 Å². The summed E-state index contributed by atoms with van der Waals surface area (Å²) >= 11 is 1.77. The standard InChI is InChI=1S/C24H26N6O2S/c1-3-18(31)29-9-8-17(12-29)21-19(20-22(25)26-13-27-23(20)28(21)2)15-4-6-16(7-5-15)24(32)30-10-11-33-14-30/h3-7,13,17H,1,8-12,14H2,2H3,(H2,25,26,27). The van der Waals surface area contributed by atoms with Crippen LogP contribution in [0.4, 0.5) is 5.82 Å². The molecular formula is C24H26N6O2S. The molecule has 2 aromatic heterocycles. The van der Waals surface area contributed by atoms with E-state index in [4.69, 9.17) is 5.73 Å². The summed E-state index contributed by atoms with van der Waals surface area (Å²) in [5, 5.41) is 0.804.